The second kappa shape index (κ2) is 14.2. The van der Waals surface area contributed by atoms with Gasteiger partial charge in [-0.3, -0.25) is 19.3 Å². The van der Waals surface area contributed by atoms with Crippen LogP contribution in [0.4, 0.5) is 0 Å². The maximum Gasteiger partial charge on any atom is 0.284 e. The molecular formula is C36H46N4O7. The zero-order chi connectivity index (χ0) is 33.9. The third-order valence-corrected chi connectivity index (χ3v) is 8.15. The van der Waals surface area contributed by atoms with Crippen LogP contribution in [0.5, 0.6) is 17.2 Å². The Kier molecular flexibility index (Phi) is 10.3. The summed E-state index contributed by atoms with van der Waals surface area (Å²) in [5.41, 5.74) is 7.37. The number of likely N-dealkylation sites (N-methyl/N-ethyl adjacent to an activating group) is 1. The Morgan fingerprint density at radius 3 is 2.62 bits per heavy atom. The standard InChI is InChI=1S/C36H46N4O7/c1-22(2)20-44-27-13-24-14-28(16-27)46-26-9-7-8-23(12-26)21-45-31-18-40(11-10-29(31)38-32(41)19-39(6)35(24)43)17-25-15-30(34(37)42)47-33(25)36(3,4)5/h7-9,12-16,22,29,31H,10-11,17-21H2,1-6H3,(H2,37,42)(H,38,41)/t29-,31-/m0/s1. The highest BCUT2D eigenvalue weighted by molar-refractivity contribution is 5.97. The summed E-state index contributed by atoms with van der Waals surface area (Å²) in [7, 11) is 1.60. The summed E-state index contributed by atoms with van der Waals surface area (Å²) in [5, 5.41) is 3.13. The molecule has 1 aromatic heterocycles. The third kappa shape index (κ3) is 8.72. The average molecular weight is 647 g/mol. The zero-order valence-electron chi connectivity index (χ0n) is 28.1. The predicted molar refractivity (Wildman–Crippen MR) is 177 cm³/mol. The van der Waals surface area contributed by atoms with Crippen LogP contribution in [0.15, 0.2) is 52.9 Å². The molecule has 2 aromatic carbocycles. The van der Waals surface area contributed by atoms with Gasteiger partial charge in [0.2, 0.25) is 5.91 Å². The van der Waals surface area contributed by atoms with Gasteiger partial charge in [-0.05, 0) is 48.2 Å². The van der Waals surface area contributed by atoms with E-state index in [1.54, 1.807) is 31.3 Å². The first-order chi connectivity index (χ1) is 22.2. The number of nitrogens with two attached hydrogens (primary N) is 1. The molecule has 47 heavy (non-hydrogen) atoms. The predicted octanol–water partition coefficient (Wildman–Crippen LogP) is 4.86. The molecule has 0 radical (unpaired) electrons. The van der Waals surface area contributed by atoms with E-state index in [0.717, 1.165) is 11.1 Å². The van der Waals surface area contributed by atoms with Crippen LogP contribution in [0.3, 0.4) is 0 Å². The minimum Gasteiger partial charge on any atom is -0.493 e. The summed E-state index contributed by atoms with van der Waals surface area (Å²) in [4.78, 5) is 42.4. The number of ether oxygens (including phenoxy) is 3. The molecule has 3 aromatic rings. The lowest BCUT2D eigenvalue weighted by Gasteiger charge is -2.39. The number of carbonyl (C=O) groups excluding carboxylic acids is 3. The van der Waals surface area contributed by atoms with Crippen molar-refractivity contribution in [2.75, 3.05) is 33.3 Å². The van der Waals surface area contributed by atoms with Crippen molar-refractivity contribution in [1.82, 2.24) is 15.1 Å². The number of likely N-dealkylation sites (tertiary alicyclic amines) is 1. The fourth-order valence-corrected chi connectivity index (χ4v) is 5.90. The Bertz CT molecular complexity index is 1610. The lowest BCUT2D eigenvalue weighted by Crippen LogP contribution is -2.56. The van der Waals surface area contributed by atoms with E-state index in [4.69, 9.17) is 24.4 Å². The van der Waals surface area contributed by atoms with Crippen molar-refractivity contribution < 1.29 is 33.0 Å². The molecule has 252 valence electrons. The van der Waals surface area contributed by atoms with Crippen molar-refractivity contribution in [3.05, 3.63) is 76.7 Å². The summed E-state index contributed by atoms with van der Waals surface area (Å²) >= 11 is 0. The van der Waals surface area contributed by atoms with E-state index in [9.17, 15) is 14.4 Å². The first-order valence-electron chi connectivity index (χ1n) is 16.1. The number of fused-ring (bicyclic) bond motifs is 5. The maximum absolute atomic E-state index is 13.5. The highest BCUT2D eigenvalue weighted by Crippen LogP contribution is 2.32. The van der Waals surface area contributed by atoms with Crippen LogP contribution in [0.2, 0.25) is 0 Å². The first kappa shape index (κ1) is 34.0. The highest BCUT2D eigenvalue weighted by Gasteiger charge is 2.34. The lowest BCUT2D eigenvalue weighted by molar-refractivity contribution is -0.125. The molecule has 1 saturated heterocycles. The van der Waals surface area contributed by atoms with Crippen molar-refractivity contribution in [1.29, 1.82) is 0 Å². The minimum absolute atomic E-state index is 0.127. The molecule has 4 bridgehead atoms. The van der Waals surface area contributed by atoms with Gasteiger partial charge in [0, 0.05) is 49.3 Å². The first-order valence-corrected chi connectivity index (χ1v) is 16.1. The number of hydrogen-bond acceptors (Lipinski definition) is 8. The maximum atomic E-state index is 13.5. The topological polar surface area (TPSA) is 137 Å². The molecule has 2 atom stereocenters. The number of benzene rings is 2. The third-order valence-electron chi connectivity index (χ3n) is 8.15. The molecule has 0 unspecified atom stereocenters. The Morgan fingerprint density at radius 1 is 1.11 bits per heavy atom. The van der Waals surface area contributed by atoms with E-state index >= 15 is 0 Å². The van der Waals surface area contributed by atoms with Crippen LogP contribution < -0.4 is 20.5 Å². The van der Waals surface area contributed by atoms with Crippen molar-refractivity contribution in [2.24, 2.45) is 11.7 Å². The van der Waals surface area contributed by atoms with Crippen LogP contribution >= 0.6 is 0 Å². The summed E-state index contributed by atoms with van der Waals surface area (Å²) in [6, 6.07) is 14.2. The van der Waals surface area contributed by atoms with Crippen LogP contribution in [0, 0.1) is 5.92 Å². The quantitative estimate of drug-likeness (QED) is 0.388. The van der Waals surface area contributed by atoms with Crippen LogP contribution in [-0.4, -0.2) is 73.0 Å². The Hall–Kier alpha value is -4.35. The van der Waals surface area contributed by atoms with E-state index in [0.29, 0.717) is 73.8 Å². The van der Waals surface area contributed by atoms with Gasteiger partial charge in [-0.15, -0.1) is 0 Å². The summed E-state index contributed by atoms with van der Waals surface area (Å²) in [5.74, 6) is 1.51. The lowest BCUT2D eigenvalue weighted by atomic mass is 9.90. The molecule has 5 rings (SSSR count). The number of primary amides is 1. The van der Waals surface area contributed by atoms with E-state index < -0.39 is 5.91 Å². The van der Waals surface area contributed by atoms with Crippen molar-refractivity contribution in [3.8, 4) is 17.2 Å². The molecule has 2 aliphatic heterocycles. The van der Waals surface area contributed by atoms with Crippen molar-refractivity contribution in [3.63, 3.8) is 0 Å². The number of hydrogen-bond donors (Lipinski definition) is 2. The van der Waals surface area contributed by atoms with Gasteiger partial charge in [0.05, 0.1) is 31.9 Å². The molecule has 3 amide bonds. The molecule has 3 heterocycles. The second-order valence-corrected chi connectivity index (χ2v) is 13.9. The van der Waals surface area contributed by atoms with Gasteiger partial charge >= 0.3 is 0 Å². The number of amides is 3. The normalized spacial score (nSPS) is 19.6. The van der Waals surface area contributed by atoms with Gasteiger partial charge in [0.25, 0.3) is 11.8 Å². The molecule has 0 saturated carbocycles. The Balaban J connectivity index is 1.40. The SMILES string of the molecule is CC(C)COc1cc2cc(c1)C(=O)N(C)CC(=O)N[C@H]1CCN(Cc3cc(C(N)=O)oc3C(C)(C)C)C[C@@H]1OCc1cccc(c1)O2. The van der Waals surface area contributed by atoms with E-state index in [2.05, 4.69) is 10.2 Å². The molecule has 0 spiro atoms. The number of nitrogens with zero attached hydrogens (tertiary/aromatic N) is 2. The van der Waals surface area contributed by atoms with Crippen molar-refractivity contribution >= 4 is 17.7 Å². The molecule has 11 heteroatoms. The number of piperidine rings is 1. The number of furan rings is 1. The number of carbonyl (C=O) groups is 3. The summed E-state index contributed by atoms with van der Waals surface area (Å²) in [6.07, 6.45) is 0.279. The molecule has 3 N–H and O–H groups in total. The highest BCUT2D eigenvalue weighted by atomic mass is 16.5. The fourth-order valence-electron chi connectivity index (χ4n) is 5.90. The zero-order valence-corrected chi connectivity index (χ0v) is 28.1. The summed E-state index contributed by atoms with van der Waals surface area (Å²) < 4.78 is 24.6. The summed E-state index contributed by atoms with van der Waals surface area (Å²) in [6.45, 7) is 12.6. The van der Waals surface area contributed by atoms with Crippen molar-refractivity contribution in [2.45, 2.75) is 71.8 Å². The Labute approximate surface area is 276 Å². The fraction of sp³-hybridized carbons (Fsp3) is 0.472. The average Bonchev–Trinajstić information content (AvgIpc) is 3.44. The van der Waals surface area contributed by atoms with E-state index in [1.165, 1.54) is 4.90 Å². The van der Waals surface area contributed by atoms with Gasteiger partial charge in [-0.2, -0.15) is 0 Å². The minimum atomic E-state index is -0.606. The van der Waals surface area contributed by atoms with E-state index in [1.807, 2.05) is 58.9 Å². The number of nitrogens with one attached hydrogen (secondary N) is 1. The molecular weight excluding hydrogens is 600 g/mol. The van der Waals surface area contributed by atoms with Gasteiger partial charge in [-0.1, -0.05) is 46.8 Å². The number of rotatable bonds is 6. The van der Waals surface area contributed by atoms with Crippen LogP contribution in [0.25, 0.3) is 0 Å². The molecule has 1 fully saturated rings. The largest absolute Gasteiger partial charge is 0.493 e. The monoisotopic (exact) mass is 646 g/mol. The molecule has 2 aliphatic rings. The van der Waals surface area contributed by atoms with Gasteiger partial charge in [0.1, 0.15) is 23.0 Å². The van der Waals surface area contributed by atoms with Gasteiger partial charge in [-0.25, -0.2) is 0 Å². The van der Waals surface area contributed by atoms with E-state index in [-0.39, 0.29) is 41.7 Å². The molecule has 0 aliphatic carbocycles. The van der Waals surface area contributed by atoms with Gasteiger partial charge < -0.3 is 34.6 Å². The second-order valence-electron chi connectivity index (χ2n) is 13.9. The van der Waals surface area contributed by atoms with Gasteiger partial charge in [0.15, 0.2) is 5.76 Å². The molecule has 11 nitrogen and oxygen atoms in total. The van der Waals surface area contributed by atoms with Crippen LogP contribution in [-0.2, 0) is 28.1 Å². The smallest absolute Gasteiger partial charge is 0.284 e. The van der Waals surface area contributed by atoms with Crippen LogP contribution in [0.1, 0.15) is 78.8 Å². The Morgan fingerprint density at radius 2 is 1.89 bits per heavy atom.